The van der Waals surface area contributed by atoms with Crippen LogP contribution in [0.4, 0.5) is 5.69 Å². The normalized spacial score (nSPS) is 17.0. The number of rotatable bonds is 5. The lowest BCUT2D eigenvalue weighted by molar-refractivity contribution is -0.385. The number of pyridine rings is 1. The van der Waals surface area contributed by atoms with Crippen LogP contribution >= 0.6 is 0 Å². The van der Waals surface area contributed by atoms with Crippen molar-refractivity contribution in [3.8, 4) is 0 Å². The third-order valence-corrected chi connectivity index (χ3v) is 4.58. The Balaban J connectivity index is 1.76. The van der Waals surface area contributed by atoms with Crippen LogP contribution in [-0.4, -0.2) is 28.4 Å². The van der Waals surface area contributed by atoms with Gasteiger partial charge in [0, 0.05) is 24.3 Å². The molecule has 3 rings (SSSR count). The summed E-state index contributed by atoms with van der Waals surface area (Å²) in [6, 6.07) is 12.3. The first-order chi connectivity index (χ1) is 11.1. The molecule has 0 saturated heterocycles. The van der Waals surface area contributed by atoms with Gasteiger partial charge in [-0.05, 0) is 43.9 Å². The average Bonchev–Trinajstić information content (AvgIpc) is 2.59. The summed E-state index contributed by atoms with van der Waals surface area (Å²) in [6.07, 6.45) is 5.38. The van der Waals surface area contributed by atoms with Crippen LogP contribution in [0.15, 0.2) is 42.6 Å². The fourth-order valence-corrected chi connectivity index (χ4v) is 3.28. The third-order valence-electron chi connectivity index (χ3n) is 4.58. The average molecular weight is 311 g/mol. The Bertz CT molecular complexity index is 688. The Morgan fingerprint density at radius 1 is 1.35 bits per heavy atom. The largest absolute Gasteiger partial charge is 0.299 e. The summed E-state index contributed by atoms with van der Waals surface area (Å²) in [7, 11) is 2.10. The Hall–Kier alpha value is -2.27. The van der Waals surface area contributed by atoms with Gasteiger partial charge >= 0.3 is 0 Å². The van der Waals surface area contributed by atoms with Gasteiger partial charge < -0.3 is 0 Å². The van der Waals surface area contributed by atoms with Gasteiger partial charge in [0.1, 0.15) is 6.20 Å². The second kappa shape index (κ2) is 6.87. The molecule has 1 heterocycles. The molecule has 120 valence electrons. The zero-order valence-electron chi connectivity index (χ0n) is 13.3. The molecule has 1 aromatic heterocycles. The summed E-state index contributed by atoms with van der Waals surface area (Å²) in [6.45, 7) is 0.927. The van der Waals surface area contributed by atoms with Gasteiger partial charge in [-0.3, -0.25) is 20.0 Å². The maximum absolute atomic E-state index is 11.0. The van der Waals surface area contributed by atoms with E-state index in [9.17, 15) is 10.1 Å². The quantitative estimate of drug-likeness (QED) is 0.626. The monoisotopic (exact) mass is 311 g/mol. The van der Waals surface area contributed by atoms with E-state index in [2.05, 4.69) is 41.2 Å². The van der Waals surface area contributed by atoms with Gasteiger partial charge in [0.05, 0.1) is 4.92 Å². The summed E-state index contributed by atoms with van der Waals surface area (Å²) in [5, 5.41) is 11.0. The van der Waals surface area contributed by atoms with Gasteiger partial charge in [0.15, 0.2) is 0 Å². The molecule has 1 atom stereocenters. The summed E-state index contributed by atoms with van der Waals surface area (Å²) in [4.78, 5) is 17.3. The fourth-order valence-electron chi connectivity index (χ4n) is 3.28. The Kier molecular flexibility index (Phi) is 4.67. The number of aryl methyl sites for hydroxylation is 1. The molecule has 1 aromatic carbocycles. The van der Waals surface area contributed by atoms with E-state index in [1.165, 1.54) is 11.8 Å². The molecule has 0 saturated carbocycles. The van der Waals surface area contributed by atoms with Crippen LogP contribution in [0.25, 0.3) is 0 Å². The molecule has 0 aliphatic heterocycles. The Labute approximate surface area is 136 Å². The first-order valence-corrected chi connectivity index (χ1v) is 8.02. The van der Waals surface area contributed by atoms with Gasteiger partial charge in [-0.2, -0.15) is 0 Å². The van der Waals surface area contributed by atoms with Gasteiger partial charge in [-0.1, -0.05) is 30.3 Å². The van der Waals surface area contributed by atoms with Crippen LogP contribution in [0.1, 0.15) is 35.7 Å². The number of fused-ring (bicyclic) bond motifs is 1. The first kappa shape index (κ1) is 15.6. The van der Waals surface area contributed by atoms with E-state index in [-0.39, 0.29) is 16.7 Å². The van der Waals surface area contributed by atoms with Crippen LogP contribution in [0.2, 0.25) is 0 Å². The van der Waals surface area contributed by atoms with Crippen molar-refractivity contribution in [2.45, 2.75) is 31.7 Å². The number of aromatic nitrogens is 1. The molecule has 0 radical (unpaired) electrons. The summed E-state index contributed by atoms with van der Waals surface area (Å²) >= 11 is 0. The van der Waals surface area contributed by atoms with E-state index in [1.807, 2.05) is 6.07 Å². The minimum atomic E-state index is -0.358. The molecule has 1 aliphatic rings. The second-order valence-corrected chi connectivity index (χ2v) is 6.11. The maximum atomic E-state index is 11.0. The van der Waals surface area contributed by atoms with Gasteiger partial charge in [0.25, 0.3) is 5.69 Å². The second-order valence-electron chi connectivity index (χ2n) is 6.11. The number of likely N-dealkylation sites (N-methyl/N-ethyl adjacent to an activating group) is 1. The van der Waals surface area contributed by atoms with Crippen LogP contribution in [0, 0.1) is 10.1 Å². The van der Waals surface area contributed by atoms with Crippen molar-refractivity contribution in [2.75, 3.05) is 13.6 Å². The van der Waals surface area contributed by atoms with Gasteiger partial charge in [-0.25, -0.2) is 0 Å². The van der Waals surface area contributed by atoms with Crippen molar-refractivity contribution in [1.29, 1.82) is 0 Å². The summed E-state index contributed by atoms with van der Waals surface area (Å²) in [5.41, 5.74) is 3.44. The molecule has 0 N–H and O–H groups in total. The zero-order chi connectivity index (χ0) is 16.2. The maximum Gasteiger partial charge on any atom is 0.287 e. The number of hydrogen-bond donors (Lipinski definition) is 0. The van der Waals surface area contributed by atoms with Crippen molar-refractivity contribution >= 4 is 5.69 Å². The molecule has 1 aliphatic carbocycles. The van der Waals surface area contributed by atoms with E-state index in [1.54, 1.807) is 6.07 Å². The minimum absolute atomic E-state index is 0.0899. The van der Waals surface area contributed by atoms with E-state index in [0.717, 1.165) is 43.5 Å². The highest BCUT2D eigenvalue weighted by Gasteiger charge is 2.26. The molecule has 2 aromatic rings. The molecule has 0 spiro atoms. The third kappa shape index (κ3) is 3.56. The molecule has 0 bridgehead atoms. The number of hydrogen-bond acceptors (Lipinski definition) is 4. The predicted octanol–water partition coefficient (Wildman–Crippen LogP) is 3.54. The summed E-state index contributed by atoms with van der Waals surface area (Å²) in [5.74, 6) is 0. The smallest absolute Gasteiger partial charge is 0.287 e. The fraction of sp³-hybridized carbons (Fsp3) is 0.389. The van der Waals surface area contributed by atoms with Crippen LogP contribution in [0.5, 0.6) is 0 Å². The predicted molar refractivity (Wildman–Crippen MR) is 89.3 cm³/mol. The van der Waals surface area contributed by atoms with E-state index in [4.69, 9.17) is 0 Å². The topological polar surface area (TPSA) is 59.3 Å². The molecule has 1 unspecified atom stereocenters. The number of nitro groups is 1. The Morgan fingerprint density at radius 3 is 2.87 bits per heavy atom. The molecule has 5 heteroatoms. The van der Waals surface area contributed by atoms with Crippen molar-refractivity contribution in [3.05, 3.63) is 69.5 Å². The van der Waals surface area contributed by atoms with Crippen LogP contribution in [-0.2, 0) is 12.8 Å². The van der Waals surface area contributed by atoms with Gasteiger partial charge in [0.2, 0.25) is 0 Å². The molecule has 23 heavy (non-hydrogen) atoms. The molecule has 5 nitrogen and oxygen atoms in total. The lowest BCUT2D eigenvalue weighted by atomic mass is 9.90. The lowest BCUT2D eigenvalue weighted by Gasteiger charge is -2.32. The highest BCUT2D eigenvalue weighted by molar-refractivity contribution is 5.37. The number of benzene rings is 1. The molecular weight excluding hydrogens is 290 g/mol. The molecule has 0 fully saturated rings. The minimum Gasteiger partial charge on any atom is -0.299 e. The highest BCUT2D eigenvalue weighted by Crippen LogP contribution is 2.34. The van der Waals surface area contributed by atoms with Crippen LogP contribution < -0.4 is 0 Å². The van der Waals surface area contributed by atoms with Gasteiger partial charge in [-0.15, -0.1) is 0 Å². The van der Waals surface area contributed by atoms with E-state index in [0.29, 0.717) is 0 Å². The van der Waals surface area contributed by atoms with E-state index < -0.39 is 0 Å². The van der Waals surface area contributed by atoms with Crippen molar-refractivity contribution in [2.24, 2.45) is 0 Å². The summed E-state index contributed by atoms with van der Waals surface area (Å²) < 4.78 is 0. The van der Waals surface area contributed by atoms with Crippen LogP contribution in [0.3, 0.4) is 0 Å². The standard InChI is InChI=1S/C18H21N3O2/c1-20(11-10-14-6-3-2-4-7-14)18-9-5-8-17-16(18)12-15(13-19-17)21(22)23/h2-4,6-7,12-13,18H,5,8-11H2,1H3. The zero-order valence-corrected chi connectivity index (χ0v) is 13.3. The molecule has 0 amide bonds. The first-order valence-electron chi connectivity index (χ1n) is 8.02. The highest BCUT2D eigenvalue weighted by atomic mass is 16.6. The Morgan fingerprint density at radius 2 is 2.13 bits per heavy atom. The van der Waals surface area contributed by atoms with Crippen molar-refractivity contribution < 1.29 is 4.92 Å². The SMILES string of the molecule is CN(CCc1ccccc1)C1CCCc2ncc([N+](=O)[O-])cc21. The molecular formula is C18H21N3O2. The van der Waals surface area contributed by atoms with Crippen molar-refractivity contribution in [1.82, 2.24) is 9.88 Å². The lowest BCUT2D eigenvalue weighted by Crippen LogP contribution is -2.30. The van der Waals surface area contributed by atoms with Crippen molar-refractivity contribution in [3.63, 3.8) is 0 Å². The van der Waals surface area contributed by atoms with E-state index >= 15 is 0 Å². The number of nitrogens with zero attached hydrogens (tertiary/aromatic N) is 3.